The van der Waals surface area contributed by atoms with Crippen LogP contribution in [0.1, 0.15) is 10.4 Å². The second-order valence-electron chi connectivity index (χ2n) is 2.94. The summed E-state index contributed by atoms with van der Waals surface area (Å²) in [5, 5.41) is 9.14. The molecule has 0 unspecified atom stereocenters. The van der Waals surface area contributed by atoms with E-state index in [1.54, 1.807) is 7.05 Å². The summed E-state index contributed by atoms with van der Waals surface area (Å²) < 4.78 is 0. The van der Waals surface area contributed by atoms with Gasteiger partial charge in [-0.2, -0.15) is 0 Å². The second-order valence-corrected chi connectivity index (χ2v) is 3.73. The van der Waals surface area contributed by atoms with E-state index in [4.69, 9.17) is 28.3 Å². The minimum Gasteiger partial charge on any atom is -0.395 e. The Balaban J connectivity index is 2.95. The molecule has 0 aliphatic carbocycles. The number of likely N-dealkylation sites (N-methyl/N-ethyl adjacent to an activating group) is 1. The first-order valence-corrected chi connectivity index (χ1v) is 4.99. The number of hydrogen-bond acceptors (Lipinski definition) is 3. The third kappa shape index (κ3) is 3.06. The molecule has 0 aliphatic heterocycles. The highest BCUT2D eigenvalue weighted by atomic mass is 35.5. The topological polar surface area (TPSA) is 53.4 Å². The molecule has 1 heterocycles. The van der Waals surface area contributed by atoms with E-state index in [0.717, 1.165) is 0 Å². The number of aliphatic hydroxyl groups is 1. The zero-order chi connectivity index (χ0) is 11.4. The predicted octanol–water partition coefficient (Wildman–Crippen LogP) is 1.45. The molecule has 0 radical (unpaired) electrons. The van der Waals surface area contributed by atoms with Crippen LogP contribution in [0.5, 0.6) is 0 Å². The fourth-order valence-corrected chi connectivity index (χ4v) is 1.38. The summed E-state index contributed by atoms with van der Waals surface area (Å²) in [4.78, 5) is 16.9. The van der Waals surface area contributed by atoms with Crippen molar-refractivity contribution in [3.8, 4) is 0 Å². The lowest BCUT2D eigenvalue weighted by molar-refractivity contribution is 0.0767. The van der Waals surface area contributed by atoms with Gasteiger partial charge in [-0.05, 0) is 6.07 Å². The minimum absolute atomic E-state index is 0.0985. The molecule has 0 aromatic carbocycles. The zero-order valence-electron chi connectivity index (χ0n) is 8.07. The number of carbonyl (C=O) groups is 1. The summed E-state index contributed by atoms with van der Waals surface area (Å²) >= 11 is 11.5. The standard InChI is InChI=1S/C9H10Cl2N2O2/c1-13(2-3-14)9(15)6-4-8(11)12-5-7(6)10/h4-5,14H,2-3H2,1H3. The maximum absolute atomic E-state index is 11.8. The van der Waals surface area contributed by atoms with E-state index < -0.39 is 0 Å². The lowest BCUT2D eigenvalue weighted by Crippen LogP contribution is -2.29. The molecule has 0 saturated heterocycles. The van der Waals surface area contributed by atoms with Gasteiger partial charge in [-0.3, -0.25) is 4.79 Å². The van der Waals surface area contributed by atoms with E-state index in [2.05, 4.69) is 4.98 Å². The number of halogens is 2. The van der Waals surface area contributed by atoms with Crippen molar-refractivity contribution in [1.82, 2.24) is 9.88 Å². The Morgan fingerprint density at radius 2 is 2.27 bits per heavy atom. The molecule has 15 heavy (non-hydrogen) atoms. The molecule has 1 aromatic heterocycles. The first kappa shape index (κ1) is 12.2. The van der Waals surface area contributed by atoms with Crippen molar-refractivity contribution in [3.63, 3.8) is 0 Å². The molecule has 1 N–H and O–H groups in total. The maximum atomic E-state index is 11.8. The van der Waals surface area contributed by atoms with Crippen LogP contribution in [0.15, 0.2) is 12.3 Å². The molecule has 0 saturated carbocycles. The predicted molar refractivity (Wildman–Crippen MR) is 58.3 cm³/mol. The van der Waals surface area contributed by atoms with Gasteiger partial charge >= 0.3 is 0 Å². The average molecular weight is 249 g/mol. The lowest BCUT2D eigenvalue weighted by atomic mass is 10.2. The highest BCUT2D eigenvalue weighted by Crippen LogP contribution is 2.19. The summed E-state index contributed by atoms with van der Waals surface area (Å²) in [5.41, 5.74) is 0.285. The highest BCUT2D eigenvalue weighted by molar-refractivity contribution is 6.35. The van der Waals surface area contributed by atoms with Gasteiger partial charge in [-0.25, -0.2) is 4.98 Å². The third-order valence-electron chi connectivity index (χ3n) is 1.83. The van der Waals surface area contributed by atoms with Crippen LogP contribution in [-0.4, -0.2) is 41.1 Å². The molecule has 0 fully saturated rings. The summed E-state index contributed by atoms with van der Waals surface area (Å²) in [7, 11) is 1.57. The number of pyridine rings is 1. The number of hydrogen-bond donors (Lipinski definition) is 1. The Morgan fingerprint density at radius 3 is 2.87 bits per heavy atom. The van der Waals surface area contributed by atoms with Crippen LogP contribution >= 0.6 is 23.2 Å². The van der Waals surface area contributed by atoms with Gasteiger partial charge in [0.25, 0.3) is 5.91 Å². The fourth-order valence-electron chi connectivity index (χ4n) is 1.03. The van der Waals surface area contributed by atoms with Crippen molar-refractivity contribution in [2.24, 2.45) is 0 Å². The van der Waals surface area contributed by atoms with E-state index in [1.165, 1.54) is 17.2 Å². The number of amides is 1. The van der Waals surface area contributed by atoms with Gasteiger partial charge in [-0.1, -0.05) is 23.2 Å². The number of aromatic nitrogens is 1. The van der Waals surface area contributed by atoms with Crippen LogP contribution in [0, 0.1) is 0 Å². The monoisotopic (exact) mass is 248 g/mol. The van der Waals surface area contributed by atoms with Crippen molar-refractivity contribution in [1.29, 1.82) is 0 Å². The van der Waals surface area contributed by atoms with Gasteiger partial charge in [-0.15, -0.1) is 0 Å². The molecule has 6 heteroatoms. The van der Waals surface area contributed by atoms with Crippen molar-refractivity contribution < 1.29 is 9.90 Å². The quantitative estimate of drug-likeness (QED) is 0.825. The molecular weight excluding hydrogens is 239 g/mol. The molecular formula is C9H10Cl2N2O2. The Bertz CT molecular complexity index is 371. The van der Waals surface area contributed by atoms with Crippen LogP contribution in [-0.2, 0) is 0 Å². The molecule has 0 spiro atoms. The van der Waals surface area contributed by atoms with Gasteiger partial charge in [0.05, 0.1) is 17.2 Å². The Hall–Kier alpha value is -0.840. The average Bonchev–Trinajstić information content (AvgIpc) is 2.21. The molecule has 0 atom stereocenters. The Labute approximate surface area is 97.4 Å². The fraction of sp³-hybridized carbons (Fsp3) is 0.333. The molecule has 82 valence electrons. The van der Waals surface area contributed by atoms with E-state index in [1.807, 2.05) is 0 Å². The lowest BCUT2D eigenvalue weighted by Gasteiger charge is -2.16. The second kappa shape index (κ2) is 5.30. The molecule has 1 amide bonds. The van der Waals surface area contributed by atoms with Crippen molar-refractivity contribution in [3.05, 3.63) is 28.0 Å². The SMILES string of the molecule is CN(CCO)C(=O)c1cc(Cl)ncc1Cl. The van der Waals surface area contributed by atoms with Crippen LogP contribution < -0.4 is 0 Å². The van der Waals surface area contributed by atoms with Gasteiger partial charge in [0.15, 0.2) is 0 Å². The van der Waals surface area contributed by atoms with E-state index in [9.17, 15) is 4.79 Å². The van der Waals surface area contributed by atoms with Gasteiger partial charge in [0.2, 0.25) is 0 Å². The third-order valence-corrected chi connectivity index (χ3v) is 2.34. The van der Waals surface area contributed by atoms with E-state index >= 15 is 0 Å². The summed E-state index contributed by atoms with van der Waals surface area (Å²) in [6.07, 6.45) is 1.32. The summed E-state index contributed by atoms with van der Waals surface area (Å²) in [5.74, 6) is -0.293. The summed E-state index contributed by atoms with van der Waals surface area (Å²) in [6.45, 7) is 0.147. The van der Waals surface area contributed by atoms with Crippen molar-refractivity contribution in [2.75, 3.05) is 20.2 Å². The maximum Gasteiger partial charge on any atom is 0.255 e. The summed E-state index contributed by atoms with van der Waals surface area (Å²) in [6, 6.07) is 1.40. The largest absolute Gasteiger partial charge is 0.395 e. The number of carbonyl (C=O) groups excluding carboxylic acids is 1. The van der Waals surface area contributed by atoms with Gasteiger partial charge in [0.1, 0.15) is 5.15 Å². The first-order chi connectivity index (χ1) is 7.06. The number of rotatable bonds is 3. The van der Waals surface area contributed by atoms with Crippen LogP contribution in [0.3, 0.4) is 0 Å². The Kier molecular flexibility index (Phi) is 4.32. The first-order valence-electron chi connectivity index (χ1n) is 4.23. The molecule has 0 aliphatic rings. The van der Waals surface area contributed by atoms with Gasteiger partial charge in [0, 0.05) is 19.8 Å². The molecule has 1 rings (SSSR count). The van der Waals surface area contributed by atoms with E-state index in [-0.39, 0.29) is 34.8 Å². The smallest absolute Gasteiger partial charge is 0.255 e. The molecule has 0 bridgehead atoms. The van der Waals surface area contributed by atoms with Gasteiger partial charge < -0.3 is 10.0 Å². The minimum atomic E-state index is -0.293. The molecule has 4 nitrogen and oxygen atoms in total. The Morgan fingerprint density at radius 1 is 1.60 bits per heavy atom. The van der Waals surface area contributed by atoms with Crippen LogP contribution in [0.25, 0.3) is 0 Å². The van der Waals surface area contributed by atoms with Crippen LogP contribution in [0.4, 0.5) is 0 Å². The highest BCUT2D eigenvalue weighted by Gasteiger charge is 2.15. The number of nitrogens with zero attached hydrogens (tertiary/aromatic N) is 2. The van der Waals surface area contributed by atoms with Crippen molar-refractivity contribution in [2.45, 2.75) is 0 Å². The van der Waals surface area contributed by atoms with Crippen molar-refractivity contribution >= 4 is 29.1 Å². The van der Waals surface area contributed by atoms with E-state index in [0.29, 0.717) is 0 Å². The number of aliphatic hydroxyl groups excluding tert-OH is 1. The zero-order valence-corrected chi connectivity index (χ0v) is 9.59. The normalized spacial score (nSPS) is 10.1. The van der Waals surface area contributed by atoms with Crippen LogP contribution in [0.2, 0.25) is 10.2 Å². The molecule has 1 aromatic rings.